The number of piperazine rings is 1. The number of thioether (sulfide) groups is 1. The minimum atomic E-state index is -3.17. The standard InChI is InChI=1S/C16H26N2O3S3/c1-5-21-16(22)23-15-8-6-14(7-9-15)17-10-12(2)18(13(3)11-17)24(4,19)20/h6-8,12-13,15H,5,9-11H2,1-4H3. The van der Waals surface area contributed by atoms with Gasteiger partial charge in [-0.3, -0.25) is 0 Å². The van der Waals surface area contributed by atoms with Crippen LogP contribution < -0.4 is 0 Å². The van der Waals surface area contributed by atoms with Gasteiger partial charge >= 0.3 is 0 Å². The van der Waals surface area contributed by atoms with Crippen LogP contribution in [0.5, 0.6) is 0 Å². The first-order valence-corrected chi connectivity index (χ1v) is 11.3. The number of rotatable bonds is 4. The summed E-state index contributed by atoms with van der Waals surface area (Å²) in [4.78, 5) is 2.27. The van der Waals surface area contributed by atoms with Crippen LogP contribution in [-0.4, -0.2) is 65.3 Å². The van der Waals surface area contributed by atoms with Crippen LogP contribution in [0, 0.1) is 0 Å². The number of sulfonamides is 1. The Bertz CT molecular complexity index is 618. The topological polar surface area (TPSA) is 49.9 Å². The molecule has 1 heterocycles. The molecule has 1 fully saturated rings. The highest BCUT2D eigenvalue weighted by molar-refractivity contribution is 8.23. The number of nitrogens with zero attached hydrogens (tertiary/aromatic N) is 2. The average molecular weight is 391 g/mol. The quantitative estimate of drug-likeness (QED) is 0.688. The minimum Gasteiger partial charge on any atom is -0.479 e. The zero-order valence-corrected chi connectivity index (χ0v) is 17.1. The number of hydrogen-bond acceptors (Lipinski definition) is 6. The van der Waals surface area contributed by atoms with Crippen LogP contribution in [0.15, 0.2) is 23.9 Å². The third-order valence-corrected chi connectivity index (χ3v) is 6.99. The summed E-state index contributed by atoms with van der Waals surface area (Å²) in [7, 11) is -3.17. The normalized spacial score (nSPS) is 28.6. The molecule has 136 valence electrons. The number of ether oxygens (including phenoxy) is 1. The zero-order valence-electron chi connectivity index (χ0n) is 14.6. The Hall–Kier alpha value is -0.570. The fourth-order valence-electron chi connectivity index (χ4n) is 3.36. The van der Waals surface area contributed by atoms with Crippen LogP contribution in [0.1, 0.15) is 27.2 Å². The molecule has 0 N–H and O–H groups in total. The third kappa shape index (κ3) is 4.97. The van der Waals surface area contributed by atoms with Crippen LogP contribution in [0.25, 0.3) is 0 Å². The van der Waals surface area contributed by atoms with Crippen molar-refractivity contribution in [1.82, 2.24) is 9.21 Å². The highest BCUT2D eigenvalue weighted by Gasteiger charge is 2.35. The maximum Gasteiger partial charge on any atom is 0.220 e. The molecule has 5 nitrogen and oxygen atoms in total. The summed E-state index contributed by atoms with van der Waals surface area (Å²) >= 11 is 6.75. The first kappa shape index (κ1) is 19.8. The monoisotopic (exact) mass is 390 g/mol. The van der Waals surface area contributed by atoms with Crippen LogP contribution in [0.4, 0.5) is 0 Å². The average Bonchev–Trinajstić information content (AvgIpc) is 2.46. The Balaban J connectivity index is 1.96. The molecule has 0 aromatic heterocycles. The summed E-state index contributed by atoms with van der Waals surface area (Å²) in [6, 6.07) is -0.0636. The molecule has 0 aromatic carbocycles. The first-order valence-electron chi connectivity index (χ1n) is 8.17. The lowest BCUT2D eigenvalue weighted by Crippen LogP contribution is -2.57. The van der Waals surface area contributed by atoms with Gasteiger partial charge in [0, 0.05) is 36.1 Å². The van der Waals surface area contributed by atoms with Crippen LogP contribution >= 0.6 is 24.0 Å². The van der Waals surface area contributed by atoms with E-state index in [0.717, 1.165) is 6.42 Å². The van der Waals surface area contributed by atoms with Gasteiger partial charge in [-0.1, -0.05) is 23.9 Å². The van der Waals surface area contributed by atoms with E-state index < -0.39 is 10.0 Å². The van der Waals surface area contributed by atoms with Crippen molar-refractivity contribution in [1.29, 1.82) is 0 Å². The van der Waals surface area contributed by atoms with E-state index >= 15 is 0 Å². The molecule has 2 aliphatic rings. The van der Waals surface area contributed by atoms with Crippen molar-refractivity contribution in [2.24, 2.45) is 0 Å². The van der Waals surface area contributed by atoms with Gasteiger partial charge in [-0.05, 0) is 45.5 Å². The van der Waals surface area contributed by atoms with Crippen molar-refractivity contribution < 1.29 is 13.2 Å². The highest BCUT2D eigenvalue weighted by Crippen LogP contribution is 2.28. The predicted octanol–water partition coefficient (Wildman–Crippen LogP) is 2.61. The minimum absolute atomic E-state index is 0.0318. The summed E-state index contributed by atoms with van der Waals surface area (Å²) in [6.45, 7) is 7.89. The molecule has 1 saturated heterocycles. The molecule has 0 aromatic rings. The Labute approximate surface area is 155 Å². The summed E-state index contributed by atoms with van der Waals surface area (Å²) in [6.07, 6.45) is 8.67. The van der Waals surface area contributed by atoms with E-state index in [0.29, 0.717) is 29.3 Å². The van der Waals surface area contributed by atoms with Gasteiger partial charge in [0.05, 0.1) is 12.9 Å². The van der Waals surface area contributed by atoms with Gasteiger partial charge in [0.15, 0.2) is 0 Å². The van der Waals surface area contributed by atoms with Gasteiger partial charge in [0.25, 0.3) is 0 Å². The van der Waals surface area contributed by atoms with E-state index in [9.17, 15) is 8.42 Å². The Morgan fingerprint density at radius 1 is 1.38 bits per heavy atom. The molecule has 0 radical (unpaired) electrons. The Morgan fingerprint density at radius 2 is 2.00 bits per heavy atom. The van der Waals surface area contributed by atoms with Gasteiger partial charge in [-0.15, -0.1) is 0 Å². The number of thiocarbonyl (C=S) groups is 1. The summed E-state index contributed by atoms with van der Waals surface area (Å²) < 4.78 is 31.4. The summed E-state index contributed by atoms with van der Waals surface area (Å²) in [5.74, 6) is 0. The lowest BCUT2D eigenvalue weighted by Gasteiger charge is -2.44. The molecule has 3 unspecified atom stereocenters. The molecule has 2 rings (SSSR count). The molecule has 24 heavy (non-hydrogen) atoms. The van der Waals surface area contributed by atoms with Gasteiger partial charge in [0.1, 0.15) is 0 Å². The van der Waals surface area contributed by atoms with E-state index in [1.807, 2.05) is 20.8 Å². The second-order valence-electron chi connectivity index (χ2n) is 6.26. The molecular formula is C16H26N2O3S3. The van der Waals surface area contributed by atoms with Gasteiger partial charge in [-0.2, -0.15) is 4.31 Å². The van der Waals surface area contributed by atoms with E-state index in [-0.39, 0.29) is 12.1 Å². The third-order valence-electron chi connectivity index (χ3n) is 4.14. The smallest absolute Gasteiger partial charge is 0.220 e. The van der Waals surface area contributed by atoms with E-state index in [2.05, 4.69) is 23.1 Å². The zero-order chi connectivity index (χ0) is 17.9. The van der Waals surface area contributed by atoms with Crippen molar-refractivity contribution in [2.45, 2.75) is 44.5 Å². The molecule has 0 bridgehead atoms. The van der Waals surface area contributed by atoms with Crippen molar-refractivity contribution in [3.05, 3.63) is 23.9 Å². The molecule has 1 aliphatic heterocycles. The lowest BCUT2D eigenvalue weighted by molar-refractivity contribution is 0.131. The predicted molar refractivity (Wildman–Crippen MR) is 105 cm³/mol. The molecule has 3 atom stereocenters. The molecule has 8 heteroatoms. The fourth-order valence-corrected chi connectivity index (χ4v) is 6.07. The number of allylic oxidation sites excluding steroid dienone is 2. The number of hydrogen-bond donors (Lipinski definition) is 0. The van der Waals surface area contributed by atoms with Gasteiger partial charge in [0.2, 0.25) is 14.4 Å². The molecular weight excluding hydrogens is 364 g/mol. The second kappa shape index (κ2) is 8.21. The van der Waals surface area contributed by atoms with Crippen molar-refractivity contribution >= 4 is 38.4 Å². The fraction of sp³-hybridized carbons (Fsp3) is 0.688. The van der Waals surface area contributed by atoms with Gasteiger partial charge in [-0.25, -0.2) is 8.42 Å². The van der Waals surface area contributed by atoms with E-state index in [4.69, 9.17) is 17.0 Å². The molecule has 0 amide bonds. The largest absolute Gasteiger partial charge is 0.479 e. The van der Waals surface area contributed by atoms with Crippen LogP contribution in [0.3, 0.4) is 0 Å². The molecule has 0 saturated carbocycles. The highest BCUT2D eigenvalue weighted by atomic mass is 32.2. The van der Waals surface area contributed by atoms with E-state index in [1.165, 1.54) is 12.0 Å². The maximum atomic E-state index is 11.9. The lowest BCUT2D eigenvalue weighted by atomic mass is 10.1. The van der Waals surface area contributed by atoms with Gasteiger partial charge < -0.3 is 9.64 Å². The molecule has 1 aliphatic carbocycles. The SMILES string of the molecule is CCOC(=S)SC1C=CC(N2CC(C)N(S(C)(=O)=O)C(C)C2)=CC1. The maximum absolute atomic E-state index is 11.9. The van der Waals surface area contributed by atoms with Crippen molar-refractivity contribution in [3.8, 4) is 0 Å². The summed E-state index contributed by atoms with van der Waals surface area (Å²) in [5, 5.41) is 0.306. The first-order chi connectivity index (χ1) is 11.2. The van der Waals surface area contributed by atoms with Crippen molar-refractivity contribution in [3.63, 3.8) is 0 Å². The van der Waals surface area contributed by atoms with Crippen molar-refractivity contribution in [2.75, 3.05) is 26.0 Å². The Morgan fingerprint density at radius 3 is 2.46 bits per heavy atom. The van der Waals surface area contributed by atoms with E-state index in [1.54, 1.807) is 16.1 Å². The Kier molecular flexibility index (Phi) is 6.75. The van der Waals surface area contributed by atoms with Crippen LogP contribution in [-0.2, 0) is 14.8 Å². The van der Waals surface area contributed by atoms with Crippen LogP contribution in [0.2, 0.25) is 0 Å². The summed E-state index contributed by atoms with van der Waals surface area (Å²) in [5.41, 5.74) is 1.17. The molecule has 0 spiro atoms. The second-order valence-corrected chi connectivity index (χ2v) is 9.99.